The standard InChI is InChI=1S/C21H15N3O2S/c1-26-14-7-8-17-15(11-14)16(20(25)22-17)12-18-19(13-5-3-2-4-6-13)23-21-24(18)9-10-27-21/h2-12H,1H3,(H,22,25)/b16-12+. The number of aromatic nitrogens is 2. The van der Waals surface area contributed by atoms with E-state index in [-0.39, 0.29) is 5.91 Å². The van der Waals surface area contributed by atoms with E-state index in [1.165, 1.54) is 0 Å². The van der Waals surface area contributed by atoms with Crippen LogP contribution in [0.25, 0.3) is 27.9 Å². The first-order valence-electron chi connectivity index (χ1n) is 8.47. The van der Waals surface area contributed by atoms with Crippen molar-refractivity contribution >= 4 is 39.5 Å². The summed E-state index contributed by atoms with van der Waals surface area (Å²) in [7, 11) is 1.62. The van der Waals surface area contributed by atoms with Gasteiger partial charge in [-0.3, -0.25) is 9.20 Å². The van der Waals surface area contributed by atoms with E-state index < -0.39 is 0 Å². The Morgan fingerprint density at radius 3 is 2.85 bits per heavy atom. The van der Waals surface area contributed by atoms with Crippen molar-refractivity contribution in [1.29, 1.82) is 0 Å². The van der Waals surface area contributed by atoms with Crippen LogP contribution in [-0.2, 0) is 4.79 Å². The molecule has 1 N–H and O–H groups in total. The van der Waals surface area contributed by atoms with Crippen molar-refractivity contribution in [3.05, 3.63) is 71.4 Å². The number of amides is 1. The molecule has 132 valence electrons. The summed E-state index contributed by atoms with van der Waals surface area (Å²) in [6.07, 6.45) is 3.89. The third-order valence-corrected chi connectivity index (χ3v) is 5.39. The molecule has 1 aliphatic heterocycles. The molecule has 1 amide bonds. The number of anilines is 1. The highest BCUT2D eigenvalue weighted by Crippen LogP contribution is 2.37. The average Bonchev–Trinajstić information content (AvgIpc) is 3.37. The van der Waals surface area contributed by atoms with Gasteiger partial charge in [0.05, 0.1) is 24.1 Å². The van der Waals surface area contributed by atoms with E-state index in [9.17, 15) is 4.79 Å². The van der Waals surface area contributed by atoms with E-state index in [2.05, 4.69) is 5.32 Å². The molecule has 5 rings (SSSR count). The molecule has 0 unspecified atom stereocenters. The Morgan fingerprint density at radius 1 is 1.19 bits per heavy atom. The third kappa shape index (κ3) is 2.53. The first kappa shape index (κ1) is 15.8. The van der Waals surface area contributed by atoms with Crippen LogP contribution in [0.15, 0.2) is 60.1 Å². The fraction of sp³-hybridized carbons (Fsp3) is 0.0476. The Kier molecular flexibility index (Phi) is 3.58. The highest BCUT2D eigenvalue weighted by atomic mass is 32.1. The topological polar surface area (TPSA) is 55.6 Å². The number of carbonyl (C=O) groups is 1. The van der Waals surface area contributed by atoms with Crippen LogP contribution in [0.2, 0.25) is 0 Å². The zero-order valence-corrected chi connectivity index (χ0v) is 15.3. The summed E-state index contributed by atoms with van der Waals surface area (Å²) < 4.78 is 7.35. The predicted octanol–water partition coefficient (Wildman–Crippen LogP) is 4.56. The van der Waals surface area contributed by atoms with Gasteiger partial charge in [0.15, 0.2) is 4.96 Å². The molecule has 5 nitrogen and oxygen atoms in total. The van der Waals surface area contributed by atoms with Crippen molar-refractivity contribution in [1.82, 2.24) is 9.38 Å². The third-order valence-electron chi connectivity index (χ3n) is 4.64. The number of hydrogen-bond acceptors (Lipinski definition) is 4. The van der Waals surface area contributed by atoms with Crippen LogP contribution >= 0.6 is 11.3 Å². The highest BCUT2D eigenvalue weighted by molar-refractivity contribution is 7.15. The summed E-state index contributed by atoms with van der Waals surface area (Å²) in [4.78, 5) is 18.3. The smallest absolute Gasteiger partial charge is 0.256 e. The maximum atomic E-state index is 12.6. The number of ether oxygens (including phenoxy) is 1. The van der Waals surface area contributed by atoms with Gasteiger partial charge in [-0.15, -0.1) is 11.3 Å². The predicted molar refractivity (Wildman–Crippen MR) is 108 cm³/mol. The molecule has 6 heteroatoms. The monoisotopic (exact) mass is 373 g/mol. The molecule has 1 aliphatic rings. The lowest BCUT2D eigenvalue weighted by atomic mass is 10.0. The highest BCUT2D eigenvalue weighted by Gasteiger charge is 2.26. The largest absolute Gasteiger partial charge is 0.497 e. The van der Waals surface area contributed by atoms with Crippen molar-refractivity contribution in [2.45, 2.75) is 0 Å². The SMILES string of the molecule is COc1ccc2c(c1)/C(=C\c1c(-c3ccccc3)nc3sccn13)C(=O)N2. The fourth-order valence-corrected chi connectivity index (χ4v) is 4.04. The molecule has 0 saturated heterocycles. The van der Waals surface area contributed by atoms with E-state index in [1.807, 2.05) is 70.6 Å². The first-order valence-corrected chi connectivity index (χ1v) is 9.35. The van der Waals surface area contributed by atoms with Gasteiger partial charge in [0, 0.05) is 28.4 Å². The minimum absolute atomic E-state index is 0.123. The summed E-state index contributed by atoms with van der Waals surface area (Å²) in [5.41, 5.74) is 5.00. The summed E-state index contributed by atoms with van der Waals surface area (Å²) in [5, 5.41) is 4.91. The van der Waals surface area contributed by atoms with Gasteiger partial charge in [-0.1, -0.05) is 30.3 Å². The zero-order valence-electron chi connectivity index (χ0n) is 14.5. The van der Waals surface area contributed by atoms with Gasteiger partial charge in [-0.2, -0.15) is 0 Å². The van der Waals surface area contributed by atoms with Crippen molar-refractivity contribution in [2.75, 3.05) is 12.4 Å². The van der Waals surface area contributed by atoms with Crippen LogP contribution in [-0.4, -0.2) is 22.4 Å². The van der Waals surface area contributed by atoms with Crippen LogP contribution in [0.1, 0.15) is 11.3 Å². The Morgan fingerprint density at radius 2 is 2.04 bits per heavy atom. The number of rotatable bonds is 3. The molecular weight excluding hydrogens is 358 g/mol. The number of thiazole rings is 1. The Balaban J connectivity index is 1.74. The Labute approximate surface area is 159 Å². The molecule has 2 aromatic carbocycles. The maximum Gasteiger partial charge on any atom is 0.256 e. The lowest BCUT2D eigenvalue weighted by Crippen LogP contribution is -2.03. The van der Waals surface area contributed by atoms with E-state index in [1.54, 1.807) is 18.4 Å². The van der Waals surface area contributed by atoms with E-state index in [0.717, 1.165) is 33.2 Å². The number of benzene rings is 2. The van der Waals surface area contributed by atoms with Crippen LogP contribution in [0.3, 0.4) is 0 Å². The normalized spacial score (nSPS) is 14.6. The Bertz CT molecular complexity index is 1200. The van der Waals surface area contributed by atoms with Crippen molar-refractivity contribution in [2.24, 2.45) is 0 Å². The van der Waals surface area contributed by atoms with Crippen molar-refractivity contribution in [3.8, 4) is 17.0 Å². The number of nitrogens with zero attached hydrogens (tertiary/aromatic N) is 2. The van der Waals surface area contributed by atoms with Gasteiger partial charge in [0.2, 0.25) is 0 Å². The van der Waals surface area contributed by atoms with E-state index in [0.29, 0.717) is 11.3 Å². The van der Waals surface area contributed by atoms with Crippen molar-refractivity contribution < 1.29 is 9.53 Å². The zero-order chi connectivity index (χ0) is 18.4. The van der Waals surface area contributed by atoms with Crippen LogP contribution in [0.5, 0.6) is 5.75 Å². The molecule has 27 heavy (non-hydrogen) atoms. The van der Waals surface area contributed by atoms with Gasteiger partial charge in [-0.05, 0) is 24.3 Å². The molecule has 0 radical (unpaired) electrons. The molecule has 0 saturated carbocycles. The summed E-state index contributed by atoms with van der Waals surface area (Å²) >= 11 is 1.57. The first-order chi connectivity index (χ1) is 13.2. The fourth-order valence-electron chi connectivity index (χ4n) is 3.32. The molecule has 0 aliphatic carbocycles. The molecular formula is C21H15N3O2S. The second kappa shape index (κ2) is 6.10. The van der Waals surface area contributed by atoms with Gasteiger partial charge in [0.1, 0.15) is 5.75 Å². The number of hydrogen-bond donors (Lipinski definition) is 1. The van der Waals surface area contributed by atoms with Gasteiger partial charge in [0.25, 0.3) is 5.91 Å². The summed E-state index contributed by atoms with van der Waals surface area (Å²) in [6, 6.07) is 15.6. The molecule has 4 aromatic rings. The summed E-state index contributed by atoms with van der Waals surface area (Å²) in [5.74, 6) is 0.593. The molecule has 0 atom stereocenters. The average molecular weight is 373 g/mol. The number of carbonyl (C=O) groups excluding carboxylic acids is 1. The lowest BCUT2D eigenvalue weighted by Gasteiger charge is -2.04. The van der Waals surface area contributed by atoms with Crippen molar-refractivity contribution in [3.63, 3.8) is 0 Å². The van der Waals surface area contributed by atoms with Gasteiger partial charge >= 0.3 is 0 Å². The van der Waals surface area contributed by atoms with Crippen LogP contribution in [0.4, 0.5) is 5.69 Å². The quantitative estimate of drug-likeness (QED) is 0.536. The number of imidazole rings is 1. The minimum atomic E-state index is -0.123. The molecule has 0 fully saturated rings. The number of fused-ring (bicyclic) bond motifs is 2. The Hall–Kier alpha value is -3.38. The number of nitrogens with one attached hydrogen (secondary N) is 1. The van der Waals surface area contributed by atoms with Crippen LogP contribution < -0.4 is 10.1 Å². The lowest BCUT2D eigenvalue weighted by molar-refractivity contribution is -0.110. The maximum absolute atomic E-state index is 12.6. The molecule has 3 heterocycles. The van der Waals surface area contributed by atoms with Gasteiger partial charge in [-0.25, -0.2) is 4.98 Å². The molecule has 0 bridgehead atoms. The van der Waals surface area contributed by atoms with Gasteiger partial charge < -0.3 is 10.1 Å². The molecule has 2 aromatic heterocycles. The second-order valence-corrected chi connectivity index (χ2v) is 7.06. The number of methoxy groups -OCH3 is 1. The minimum Gasteiger partial charge on any atom is -0.497 e. The second-order valence-electron chi connectivity index (χ2n) is 6.19. The van der Waals surface area contributed by atoms with E-state index >= 15 is 0 Å². The van der Waals surface area contributed by atoms with Crippen LogP contribution in [0, 0.1) is 0 Å². The summed E-state index contributed by atoms with van der Waals surface area (Å²) in [6.45, 7) is 0. The molecule has 0 spiro atoms. The van der Waals surface area contributed by atoms with E-state index in [4.69, 9.17) is 9.72 Å².